The van der Waals surface area contributed by atoms with Gasteiger partial charge in [0, 0.05) is 17.8 Å². The molecule has 1 N–H and O–H groups in total. The molecule has 0 aromatic heterocycles. The van der Waals surface area contributed by atoms with Crippen LogP contribution in [0.25, 0.3) is 0 Å². The quantitative estimate of drug-likeness (QED) is 0.841. The second-order valence-corrected chi connectivity index (χ2v) is 4.85. The highest BCUT2D eigenvalue weighted by atomic mass is 19.1. The zero-order chi connectivity index (χ0) is 13.8. The van der Waals surface area contributed by atoms with Gasteiger partial charge in [0.1, 0.15) is 11.6 Å². The Kier molecular flexibility index (Phi) is 4.15. The molecule has 0 aliphatic heterocycles. The van der Waals surface area contributed by atoms with Crippen molar-refractivity contribution in [3.8, 4) is 0 Å². The largest absolute Gasteiger partial charge is 0.381 e. The van der Waals surface area contributed by atoms with Crippen LogP contribution < -0.4 is 5.32 Å². The highest BCUT2D eigenvalue weighted by molar-refractivity contribution is 5.47. The van der Waals surface area contributed by atoms with Gasteiger partial charge >= 0.3 is 0 Å². The lowest BCUT2D eigenvalue weighted by Gasteiger charge is -2.12. The van der Waals surface area contributed by atoms with E-state index in [4.69, 9.17) is 0 Å². The fraction of sp³-hybridized carbons (Fsp3) is 0.250. The molecule has 0 bridgehead atoms. The molecule has 2 aromatic carbocycles. The average Bonchev–Trinajstić information content (AvgIpc) is 2.36. The van der Waals surface area contributed by atoms with Crippen LogP contribution in [-0.2, 0) is 6.54 Å². The van der Waals surface area contributed by atoms with E-state index in [0.717, 1.165) is 5.56 Å². The SMILES string of the molecule is CC(C)c1c(F)cc(NCc2ccccc2)cc1F. The molecule has 0 unspecified atom stereocenters. The Morgan fingerprint density at radius 3 is 2.11 bits per heavy atom. The summed E-state index contributed by atoms with van der Waals surface area (Å²) < 4.78 is 27.6. The molecule has 100 valence electrons. The number of rotatable bonds is 4. The monoisotopic (exact) mass is 261 g/mol. The summed E-state index contributed by atoms with van der Waals surface area (Å²) in [7, 11) is 0. The third-order valence-electron chi connectivity index (χ3n) is 3.00. The van der Waals surface area contributed by atoms with E-state index >= 15 is 0 Å². The molecule has 0 fully saturated rings. The molecule has 3 heteroatoms. The number of hydrogen-bond acceptors (Lipinski definition) is 1. The molecule has 0 aliphatic carbocycles. The average molecular weight is 261 g/mol. The van der Waals surface area contributed by atoms with Crippen molar-refractivity contribution < 1.29 is 8.78 Å². The Balaban J connectivity index is 2.14. The molecule has 0 amide bonds. The minimum atomic E-state index is -0.495. The van der Waals surface area contributed by atoms with Crippen molar-refractivity contribution in [2.75, 3.05) is 5.32 Å². The van der Waals surface area contributed by atoms with Crippen LogP contribution in [0.4, 0.5) is 14.5 Å². The topological polar surface area (TPSA) is 12.0 Å². The highest BCUT2D eigenvalue weighted by Crippen LogP contribution is 2.25. The Labute approximate surface area is 112 Å². The van der Waals surface area contributed by atoms with Gasteiger partial charge in [-0.1, -0.05) is 44.2 Å². The summed E-state index contributed by atoms with van der Waals surface area (Å²) in [5.74, 6) is -1.15. The van der Waals surface area contributed by atoms with Crippen LogP contribution in [-0.4, -0.2) is 0 Å². The maximum Gasteiger partial charge on any atom is 0.131 e. The third kappa shape index (κ3) is 3.31. The van der Waals surface area contributed by atoms with Crippen LogP contribution in [0.15, 0.2) is 42.5 Å². The lowest BCUT2D eigenvalue weighted by atomic mass is 10.0. The predicted octanol–water partition coefficient (Wildman–Crippen LogP) is 4.70. The molecule has 0 saturated carbocycles. The molecule has 0 heterocycles. The number of halogens is 2. The lowest BCUT2D eigenvalue weighted by molar-refractivity contribution is 0.542. The molecule has 2 rings (SSSR count). The first-order valence-corrected chi connectivity index (χ1v) is 6.34. The Morgan fingerprint density at radius 2 is 1.58 bits per heavy atom. The van der Waals surface area contributed by atoms with Crippen molar-refractivity contribution in [2.24, 2.45) is 0 Å². The first kappa shape index (κ1) is 13.5. The Hall–Kier alpha value is -1.90. The van der Waals surface area contributed by atoms with Gasteiger partial charge in [-0.3, -0.25) is 0 Å². The van der Waals surface area contributed by atoms with Crippen molar-refractivity contribution in [1.29, 1.82) is 0 Å². The summed E-state index contributed by atoms with van der Waals surface area (Å²) in [6, 6.07) is 12.4. The van der Waals surface area contributed by atoms with Crippen molar-refractivity contribution in [1.82, 2.24) is 0 Å². The van der Waals surface area contributed by atoms with Gasteiger partial charge in [-0.15, -0.1) is 0 Å². The van der Waals surface area contributed by atoms with Crippen LogP contribution >= 0.6 is 0 Å². The summed E-state index contributed by atoms with van der Waals surface area (Å²) in [4.78, 5) is 0. The van der Waals surface area contributed by atoms with E-state index in [-0.39, 0.29) is 11.5 Å². The molecule has 0 saturated heterocycles. The summed E-state index contributed by atoms with van der Waals surface area (Å²) >= 11 is 0. The summed E-state index contributed by atoms with van der Waals surface area (Å²) in [6.07, 6.45) is 0. The van der Waals surface area contributed by atoms with E-state index in [1.807, 2.05) is 30.3 Å². The van der Waals surface area contributed by atoms with E-state index in [1.54, 1.807) is 13.8 Å². The molecular weight excluding hydrogens is 244 g/mol. The molecule has 0 atom stereocenters. The molecule has 0 radical (unpaired) electrons. The highest BCUT2D eigenvalue weighted by Gasteiger charge is 2.14. The van der Waals surface area contributed by atoms with Crippen LogP contribution in [0.5, 0.6) is 0 Å². The van der Waals surface area contributed by atoms with Gasteiger partial charge in [0.2, 0.25) is 0 Å². The molecule has 1 nitrogen and oxygen atoms in total. The molecule has 0 aliphatic rings. The zero-order valence-electron chi connectivity index (χ0n) is 11.1. The first-order valence-electron chi connectivity index (χ1n) is 6.34. The second-order valence-electron chi connectivity index (χ2n) is 4.85. The number of benzene rings is 2. The molecule has 0 spiro atoms. The Bertz CT molecular complexity index is 527. The van der Waals surface area contributed by atoms with E-state index in [1.165, 1.54) is 12.1 Å². The number of nitrogens with one attached hydrogen (secondary N) is 1. The molecular formula is C16H17F2N. The second kappa shape index (κ2) is 5.83. The standard InChI is InChI=1S/C16H17F2N/c1-11(2)16-14(17)8-13(9-15(16)18)19-10-12-6-4-3-5-7-12/h3-9,11,19H,10H2,1-2H3. The van der Waals surface area contributed by atoms with Gasteiger partial charge in [0.05, 0.1) is 0 Å². The van der Waals surface area contributed by atoms with Gasteiger partial charge < -0.3 is 5.32 Å². The minimum absolute atomic E-state index is 0.144. The lowest BCUT2D eigenvalue weighted by Crippen LogP contribution is -2.03. The van der Waals surface area contributed by atoms with Crippen molar-refractivity contribution >= 4 is 5.69 Å². The summed E-state index contributed by atoms with van der Waals surface area (Å²) in [5.41, 5.74) is 1.67. The Morgan fingerprint density at radius 1 is 1.00 bits per heavy atom. The maximum atomic E-state index is 13.8. The molecule has 2 aromatic rings. The van der Waals surface area contributed by atoms with E-state index in [0.29, 0.717) is 12.2 Å². The van der Waals surface area contributed by atoms with Gasteiger partial charge in [-0.2, -0.15) is 0 Å². The number of anilines is 1. The van der Waals surface area contributed by atoms with E-state index < -0.39 is 11.6 Å². The summed E-state index contributed by atoms with van der Waals surface area (Å²) in [5, 5.41) is 3.03. The van der Waals surface area contributed by atoms with Crippen molar-refractivity contribution in [2.45, 2.75) is 26.3 Å². The first-order chi connectivity index (χ1) is 9.08. The zero-order valence-corrected chi connectivity index (χ0v) is 11.1. The predicted molar refractivity (Wildman–Crippen MR) is 74.2 cm³/mol. The van der Waals surface area contributed by atoms with Gasteiger partial charge in [0.15, 0.2) is 0 Å². The fourth-order valence-corrected chi connectivity index (χ4v) is 2.04. The van der Waals surface area contributed by atoms with Crippen LogP contribution in [0.1, 0.15) is 30.9 Å². The fourth-order valence-electron chi connectivity index (χ4n) is 2.04. The van der Waals surface area contributed by atoms with E-state index in [9.17, 15) is 8.78 Å². The van der Waals surface area contributed by atoms with Crippen LogP contribution in [0, 0.1) is 11.6 Å². The van der Waals surface area contributed by atoms with E-state index in [2.05, 4.69) is 5.32 Å². The van der Waals surface area contributed by atoms with Crippen molar-refractivity contribution in [3.05, 3.63) is 65.2 Å². The van der Waals surface area contributed by atoms with Crippen molar-refractivity contribution in [3.63, 3.8) is 0 Å². The van der Waals surface area contributed by atoms with Crippen LogP contribution in [0.3, 0.4) is 0 Å². The third-order valence-corrected chi connectivity index (χ3v) is 3.00. The summed E-state index contributed by atoms with van der Waals surface area (Å²) in [6.45, 7) is 4.10. The smallest absolute Gasteiger partial charge is 0.131 e. The van der Waals surface area contributed by atoms with Gasteiger partial charge in [-0.25, -0.2) is 8.78 Å². The van der Waals surface area contributed by atoms with Crippen LogP contribution in [0.2, 0.25) is 0 Å². The minimum Gasteiger partial charge on any atom is -0.381 e. The maximum absolute atomic E-state index is 13.8. The van der Waals surface area contributed by atoms with Gasteiger partial charge in [-0.05, 0) is 23.6 Å². The molecule has 19 heavy (non-hydrogen) atoms. The van der Waals surface area contributed by atoms with Gasteiger partial charge in [0.25, 0.3) is 0 Å². The normalized spacial score (nSPS) is 10.8. The number of hydrogen-bond donors (Lipinski definition) is 1.